The molecule has 0 unspecified atom stereocenters. The average molecular weight is 377 g/mol. The third kappa shape index (κ3) is 5.49. The molecule has 2 heterocycles. The molecule has 2 saturated heterocycles. The fraction of sp³-hybridized carbons (Fsp3) is 0.600. The van der Waals surface area contributed by atoms with E-state index in [9.17, 15) is 14.0 Å². The molecule has 0 saturated carbocycles. The van der Waals surface area contributed by atoms with Gasteiger partial charge in [-0.2, -0.15) is 0 Å². The van der Waals surface area contributed by atoms with E-state index < -0.39 is 17.6 Å². The number of carbonyl (C=O) groups is 2. The quantitative estimate of drug-likeness (QED) is 0.789. The molecule has 1 aromatic carbocycles. The van der Waals surface area contributed by atoms with Crippen LogP contribution in [-0.4, -0.2) is 55.6 Å². The lowest BCUT2D eigenvalue weighted by Gasteiger charge is -2.39. The molecule has 2 aliphatic heterocycles. The van der Waals surface area contributed by atoms with Crippen LogP contribution in [0.15, 0.2) is 18.2 Å². The van der Waals surface area contributed by atoms with Gasteiger partial charge in [-0.25, -0.2) is 4.39 Å². The van der Waals surface area contributed by atoms with Gasteiger partial charge in [0.05, 0.1) is 0 Å². The summed E-state index contributed by atoms with van der Waals surface area (Å²) in [5.41, 5.74) is 0.771. The Morgan fingerprint density at radius 3 is 2.52 bits per heavy atom. The van der Waals surface area contributed by atoms with Crippen molar-refractivity contribution >= 4 is 17.5 Å². The number of hydrogen-bond acceptors (Lipinski definition) is 4. The van der Waals surface area contributed by atoms with Crippen LogP contribution in [0, 0.1) is 18.7 Å². The van der Waals surface area contributed by atoms with E-state index in [1.807, 2.05) is 0 Å². The molecule has 2 aliphatic rings. The van der Waals surface area contributed by atoms with E-state index in [1.54, 1.807) is 19.1 Å². The zero-order valence-corrected chi connectivity index (χ0v) is 15.8. The summed E-state index contributed by atoms with van der Waals surface area (Å²) in [6.07, 6.45) is 4.23. The van der Waals surface area contributed by atoms with Crippen LogP contribution in [0.3, 0.4) is 0 Å². The van der Waals surface area contributed by atoms with Gasteiger partial charge in [-0.15, -0.1) is 0 Å². The van der Waals surface area contributed by atoms with Crippen molar-refractivity contribution in [2.24, 2.45) is 5.92 Å². The summed E-state index contributed by atoms with van der Waals surface area (Å²) in [6, 6.07) is 4.98. The molecule has 0 aromatic heterocycles. The number of ether oxygens (including phenoxy) is 1. The maximum absolute atomic E-state index is 13.5. The van der Waals surface area contributed by atoms with Crippen molar-refractivity contribution in [3.05, 3.63) is 29.6 Å². The van der Waals surface area contributed by atoms with Crippen LogP contribution < -0.4 is 10.6 Å². The summed E-state index contributed by atoms with van der Waals surface area (Å²) in [4.78, 5) is 26.5. The first-order valence-electron chi connectivity index (χ1n) is 9.70. The molecule has 0 atom stereocenters. The van der Waals surface area contributed by atoms with Crippen LogP contribution in [0.1, 0.15) is 31.2 Å². The molecule has 2 N–H and O–H groups in total. The zero-order chi connectivity index (χ0) is 19.2. The van der Waals surface area contributed by atoms with Crippen LogP contribution in [0.2, 0.25) is 0 Å². The lowest BCUT2D eigenvalue weighted by Crippen LogP contribution is -2.46. The Hall–Kier alpha value is -1.99. The van der Waals surface area contributed by atoms with E-state index in [0.717, 1.165) is 52.0 Å². The predicted molar refractivity (Wildman–Crippen MR) is 101 cm³/mol. The van der Waals surface area contributed by atoms with E-state index >= 15 is 0 Å². The molecule has 0 spiro atoms. The molecule has 6 nitrogen and oxygen atoms in total. The number of amides is 2. The maximum Gasteiger partial charge on any atom is 0.313 e. The van der Waals surface area contributed by atoms with Crippen molar-refractivity contribution in [2.75, 3.05) is 38.2 Å². The molecule has 27 heavy (non-hydrogen) atoms. The van der Waals surface area contributed by atoms with Crippen molar-refractivity contribution < 1.29 is 18.7 Å². The fourth-order valence-corrected chi connectivity index (χ4v) is 3.75. The highest BCUT2D eigenvalue weighted by Gasteiger charge is 2.27. The summed E-state index contributed by atoms with van der Waals surface area (Å²) >= 11 is 0. The molecule has 0 aliphatic carbocycles. The van der Waals surface area contributed by atoms with Crippen LogP contribution in [0.25, 0.3) is 0 Å². The normalized spacial score (nSPS) is 19.6. The van der Waals surface area contributed by atoms with Gasteiger partial charge in [0, 0.05) is 31.5 Å². The molecule has 148 valence electrons. The number of nitrogens with zero attached hydrogens (tertiary/aromatic N) is 1. The van der Waals surface area contributed by atoms with Crippen molar-refractivity contribution in [1.29, 1.82) is 0 Å². The highest BCUT2D eigenvalue weighted by molar-refractivity contribution is 6.39. The van der Waals surface area contributed by atoms with Gasteiger partial charge >= 0.3 is 11.8 Å². The monoisotopic (exact) mass is 377 g/mol. The summed E-state index contributed by atoms with van der Waals surface area (Å²) < 4.78 is 18.9. The second-order valence-corrected chi connectivity index (χ2v) is 7.45. The lowest BCUT2D eigenvalue weighted by atomic mass is 9.94. The first-order valence-corrected chi connectivity index (χ1v) is 9.70. The second-order valence-electron chi connectivity index (χ2n) is 7.45. The number of piperidine rings is 1. The first kappa shape index (κ1) is 19.8. The largest absolute Gasteiger partial charge is 0.381 e. The average Bonchev–Trinajstić information content (AvgIpc) is 2.70. The van der Waals surface area contributed by atoms with Gasteiger partial charge < -0.3 is 20.3 Å². The summed E-state index contributed by atoms with van der Waals surface area (Å²) in [5, 5.41) is 5.15. The molecule has 2 fully saturated rings. The molecular formula is C20H28FN3O3. The predicted octanol–water partition coefficient (Wildman–Crippen LogP) is 2.08. The first-order chi connectivity index (χ1) is 13.0. The molecule has 1 aromatic rings. The topological polar surface area (TPSA) is 70.7 Å². The minimum Gasteiger partial charge on any atom is -0.381 e. The minimum absolute atomic E-state index is 0.281. The van der Waals surface area contributed by atoms with Gasteiger partial charge in [-0.1, -0.05) is 6.07 Å². The number of benzene rings is 1. The maximum atomic E-state index is 13.5. The van der Waals surface area contributed by atoms with Crippen molar-refractivity contribution in [1.82, 2.24) is 10.2 Å². The highest BCUT2D eigenvalue weighted by Crippen LogP contribution is 2.22. The zero-order valence-electron chi connectivity index (χ0n) is 15.8. The van der Waals surface area contributed by atoms with E-state index in [2.05, 4.69) is 15.5 Å². The second kappa shape index (κ2) is 9.28. The molecule has 0 radical (unpaired) electrons. The SMILES string of the molecule is Cc1ccc(NC(=O)C(=O)NCC2CCN(C3CCOCC3)CC2)cc1F. The summed E-state index contributed by atoms with van der Waals surface area (Å²) in [6.45, 7) is 5.89. The number of rotatable bonds is 4. The van der Waals surface area contributed by atoms with Gasteiger partial charge in [0.25, 0.3) is 0 Å². The third-order valence-corrected chi connectivity index (χ3v) is 5.54. The number of likely N-dealkylation sites (tertiary alicyclic amines) is 1. The van der Waals surface area contributed by atoms with Gasteiger partial charge in [0.1, 0.15) is 5.82 Å². The Morgan fingerprint density at radius 1 is 1.15 bits per heavy atom. The summed E-state index contributed by atoms with van der Waals surface area (Å²) in [7, 11) is 0. The molecule has 3 rings (SSSR count). The minimum atomic E-state index is -0.766. The van der Waals surface area contributed by atoms with Gasteiger partial charge in [-0.05, 0) is 69.3 Å². The number of nitrogens with one attached hydrogen (secondary N) is 2. The van der Waals surface area contributed by atoms with Crippen molar-refractivity contribution in [3.8, 4) is 0 Å². The van der Waals surface area contributed by atoms with Crippen LogP contribution in [0.4, 0.5) is 10.1 Å². The molecular weight excluding hydrogens is 349 g/mol. The van der Waals surface area contributed by atoms with Gasteiger partial charge in [-0.3, -0.25) is 9.59 Å². The lowest BCUT2D eigenvalue weighted by molar-refractivity contribution is -0.136. The highest BCUT2D eigenvalue weighted by atomic mass is 19.1. The fourth-order valence-electron chi connectivity index (χ4n) is 3.75. The van der Waals surface area contributed by atoms with Crippen molar-refractivity contribution in [3.63, 3.8) is 0 Å². The number of hydrogen-bond donors (Lipinski definition) is 2. The van der Waals surface area contributed by atoms with Crippen LogP contribution >= 0.6 is 0 Å². The summed E-state index contributed by atoms with van der Waals surface area (Å²) in [5.74, 6) is -1.47. The number of aryl methyl sites for hydroxylation is 1. The Morgan fingerprint density at radius 2 is 1.85 bits per heavy atom. The number of carbonyl (C=O) groups excluding carboxylic acids is 2. The van der Waals surface area contributed by atoms with Gasteiger partial charge in [0.15, 0.2) is 0 Å². The van der Waals surface area contributed by atoms with E-state index in [0.29, 0.717) is 24.1 Å². The number of anilines is 1. The molecule has 2 amide bonds. The number of halogens is 1. The molecule has 0 bridgehead atoms. The Bertz CT molecular complexity index is 668. The van der Waals surface area contributed by atoms with E-state index in [4.69, 9.17) is 4.74 Å². The van der Waals surface area contributed by atoms with E-state index in [-0.39, 0.29) is 5.69 Å². The Labute approximate surface area is 159 Å². The van der Waals surface area contributed by atoms with Crippen molar-refractivity contribution in [2.45, 2.75) is 38.6 Å². The molecule has 7 heteroatoms. The van der Waals surface area contributed by atoms with Gasteiger partial charge in [0.2, 0.25) is 0 Å². The van der Waals surface area contributed by atoms with Crippen LogP contribution in [-0.2, 0) is 14.3 Å². The van der Waals surface area contributed by atoms with E-state index in [1.165, 1.54) is 6.07 Å². The Balaban J connectivity index is 1.38. The standard InChI is InChI=1S/C20H28FN3O3/c1-14-2-3-16(12-18(14)21)23-20(26)19(25)22-13-15-4-8-24(9-5-15)17-6-10-27-11-7-17/h2-3,12,15,17H,4-11,13H2,1H3,(H,22,25)(H,23,26). The van der Waals surface area contributed by atoms with Crippen LogP contribution in [0.5, 0.6) is 0 Å². The third-order valence-electron chi connectivity index (χ3n) is 5.54. The Kier molecular flexibility index (Phi) is 6.79. The smallest absolute Gasteiger partial charge is 0.313 e.